The van der Waals surface area contributed by atoms with Crippen molar-refractivity contribution in [2.45, 2.75) is 46.6 Å². The van der Waals surface area contributed by atoms with Crippen molar-refractivity contribution < 1.29 is 4.79 Å². The third-order valence-corrected chi connectivity index (χ3v) is 3.02. The van der Waals surface area contributed by atoms with Gasteiger partial charge in [0.2, 0.25) is 0 Å². The lowest BCUT2D eigenvalue weighted by atomic mass is 9.98. The zero-order valence-corrected chi connectivity index (χ0v) is 11.6. The van der Waals surface area contributed by atoms with E-state index < -0.39 is 0 Å². The second kappa shape index (κ2) is 7.26. The molecule has 1 aromatic rings. The van der Waals surface area contributed by atoms with Crippen LogP contribution in [0.5, 0.6) is 0 Å². The highest BCUT2D eigenvalue weighted by Crippen LogP contribution is 2.09. The topological polar surface area (TPSA) is 73.8 Å². The Kier molecular flexibility index (Phi) is 5.98. The summed E-state index contributed by atoms with van der Waals surface area (Å²) in [6.07, 6.45) is 3.37. The number of carbonyl (C=O) groups is 1. The van der Waals surface area contributed by atoms with Gasteiger partial charge in [0.1, 0.15) is 17.9 Å². The minimum atomic E-state index is 0.199. The summed E-state index contributed by atoms with van der Waals surface area (Å²) in [7, 11) is 0. The van der Waals surface area contributed by atoms with E-state index in [1.807, 2.05) is 4.68 Å². The van der Waals surface area contributed by atoms with Crippen LogP contribution in [0.2, 0.25) is 0 Å². The van der Waals surface area contributed by atoms with Crippen molar-refractivity contribution in [3.05, 3.63) is 12.2 Å². The zero-order valence-electron chi connectivity index (χ0n) is 11.6. The van der Waals surface area contributed by atoms with Gasteiger partial charge >= 0.3 is 0 Å². The Bertz CT molecular complexity index is 369. The molecule has 0 saturated carbocycles. The number of hydrogen-bond donors (Lipinski definition) is 1. The Morgan fingerprint density at radius 3 is 2.78 bits per heavy atom. The Morgan fingerprint density at radius 2 is 2.22 bits per heavy atom. The minimum absolute atomic E-state index is 0.199. The van der Waals surface area contributed by atoms with Crippen molar-refractivity contribution in [1.82, 2.24) is 14.8 Å². The third-order valence-electron chi connectivity index (χ3n) is 3.02. The highest BCUT2D eigenvalue weighted by Gasteiger charge is 2.14. The van der Waals surface area contributed by atoms with Crippen LogP contribution >= 0.6 is 0 Å². The van der Waals surface area contributed by atoms with Crippen molar-refractivity contribution in [2.75, 3.05) is 6.54 Å². The van der Waals surface area contributed by atoms with Crippen LogP contribution in [-0.2, 0) is 17.8 Å². The predicted octanol–water partition coefficient (Wildman–Crippen LogP) is 1.42. The van der Waals surface area contributed by atoms with E-state index in [9.17, 15) is 4.79 Å². The summed E-state index contributed by atoms with van der Waals surface area (Å²) < 4.78 is 1.83. The Labute approximate surface area is 109 Å². The summed E-state index contributed by atoms with van der Waals surface area (Å²) in [6, 6.07) is 0. The van der Waals surface area contributed by atoms with Gasteiger partial charge in [0.05, 0.1) is 6.42 Å². The van der Waals surface area contributed by atoms with E-state index in [1.165, 1.54) is 6.33 Å². The van der Waals surface area contributed by atoms with Crippen molar-refractivity contribution >= 4 is 5.78 Å². The third kappa shape index (κ3) is 4.56. The second-order valence-corrected chi connectivity index (χ2v) is 5.18. The van der Waals surface area contributed by atoms with Gasteiger partial charge in [-0.05, 0) is 18.4 Å². The average molecular weight is 252 g/mol. The number of nitrogens with two attached hydrogens (primary N) is 1. The van der Waals surface area contributed by atoms with Crippen LogP contribution in [0.15, 0.2) is 6.33 Å². The summed E-state index contributed by atoms with van der Waals surface area (Å²) in [5, 5.41) is 4.16. The number of hydrogen-bond acceptors (Lipinski definition) is 4. The predicted molar refractivity (Wildman–Crippen MR) is 71.0 cm³/mol. The number of aromatic nitrogens is 3. The van der Waals surface area contributed by atoms with Crippen molar-refractivity contribution in [2.24, 2.45) is 17.6 Å². The SMILES string of the molecule is CCC(CN)CC(=O)Cc1ncnn1CC(C)C. The molecule has 5 nitrogen and oxygen atoms in total. The molecule has 0 radical (unpaired) electrons. The summed E-state index contributed by atoms with van der Waals surface area (Å²) in [5.41, 5.74) is 5.62. The number of rotatable bonds is 8. The standard InChI is InChI=1S/C13H24N4O/c1-4-11(7-14)5-12(18)6-13-15-9-16-17(13)8-10(2)3/h9-11H,4-8,14H2,1-3H3. The van der Waals surface area contributed by atoms with Crippen molar-refractivity contribution in [1.29, 1.82) is 0 Å². The molecule has 1 rings (SSSR count). The molecule has 0 amide bonds. The molecular formula is C13H24N4O. The smallest absolute Gasteiger partial charge is 0.140 e. The molecule has 0 aromatic carbocycles. The summed E-state index contributed by atoms with van der Waals surface area (Å²) in [5.74, 6) is 1.75. The maximum atomic E-state index is 11.9. The highest BCUT2D eigenvalue weighted by atomic mass is 16.1. The van der Waals surface area contributed by atoms with Crippen LogP contribution in [0, 0.1) is 11.8 Å². The van der Waals surface area contributed by atoms with Gasteiger partial charge in [0.25, 0.3) is 0 Å². The minimum Gasteiger partial charge on any atom is -0.330 e. The van der Waals surface area contributed by atoms with Crippen LogP contribution in [0.25, 0.3) is 0 Å². The van der Waals surface area contributed by atoms with Gasteiger partial charge in [-0.15, -0.1) is 0 Å². The Balaban J connectivity index is 2.56. The van der Waals surface area contributed by atoms with Crippen LogP contribution in [0.4, 0.5) is 0 Å². The molecular weight excluding hydrogens is 228 g/mol. The molecule has 0 bridgehead atoms. The first kappa shape index (κ1) is 14.8. The van der Waals surface area contributed by atoms with Crippen LogP contribution in [0.3, 0.4) is 0 Å². The molecule has 1 unspecified atom stereocenters. The van der Waals surface area contributed by atoms with Crippen molar-refractivity contribution in [3.8, 4) is 0 Å². The fourth-order valence-corrected chi connectivity index (χ4v) is 1.89. The molecule has 2 N–H and O–H groups in total. The lowest BCUT2D eigenvalue weighted by Crippen LogP contribution is -2.20. The van der Waals surface area contributed by atoms with E-state index >= 15 is 0 Å². The number of nitrogens with zero attached hydrogens (tertiary/aromatic N) is 3. The first-order valence-electron chi connectivity index (χ1n) is 6.65. The molecule has 0 aliphatic carbocycles. The fourth-order valence-electron chi connectivity index (χ4n) is 1.89. The molecule has 0 aliphatic rings. The Morgan fingerprint density at radius 1 is 1.50 bits per heavy atom. The van der Waals surface area contributed by atoms with Gasteiger partial charge in [0, 0.05) is 13.0 Å². The molecule has 0 aliphatic heterocycles. The van der Waals surface area contributed by atoms with Crippen molar-refractivity contribution in [3.63, 3.8) is 0 Å². The van der Waals surface area contributed by atoms with E-state index in [-0.39, 0.29) is 5.78 Å². The monoisotopic (exact) mass is 252 g/mol. The van der Waals surface area contributed by atoms with Gasteiger partial charge in [-0.3, -0.25) is 4.79 Å². The lowest BCUT2D eigenvalue weighted by molar-refractivity contribution is -0.119. The molecule has 0 fully saturated rings. The first-order chi connectivity index (χ1) is 8.56. The van der Waals surface area contributed by atoms with E-state index in [2.05, 4.69) is 30.9 Å². The summed E-state index contributed by atoms with van der Waals surface area (Å²) in [4.78, 5) is 16.1. The largest absolute Gasteiger partial charge is 0.330 e. The quantitative estimate of drug-likeness (QED) is 0.759. The molecule has 102 valence electrons. The summed E-state index contributed by atoms with van der Waals surface area (Å²) >= 11 is 0. The van der Waals surface area contributed by atoms with Gasteiger partial charge in [0.15, 0.2) is 0 Å². The molecule has 0 spiro atoms. The number of Topliss-reactive ketones (excluding diaryl/α,β-unsaturated/α-hetero) is 1. The summed E-state index contributed by atoms with van der Waals surface area (Å²) in [6.45, 7) is 7.67. The van der Waals surface area contributed by atoms with Crippen LogP contribution in [0.1, 0.15) is 39.4 Å². The van der Waals surface area contributed by atoms with E-state index in [1.54, 1.807) is 0 Å². The molecule has 1 heterocycles. The zero-order chi connectivity index (χ0) is 13.5. The lowest BCUT2D eigenvalue weighted by Gasteiger charge is -2.11. The fraction of sp³-hybridized carbons (Fsp3) is 0.769. The van der Waals surface area contributed by atoms with E-state index in [4.69, 9.17) is 5.73 Å². The van der Waals surface area contributed by atoms with Gasteiger partial charge in [-0.2, -0.15) is 5.10 Å². The highest BCUT2D eigenvalue weighted by molar-refractivity contribution is 5.80. The number of carbonyl (C=O) groups excluding carboxylic acids is 1. The van der Waals surface area contributed by atoms with Gasteiger partial charge < -0.3 is 5.73 Å². The molecule has 18 heavy (non-hydrogen) atoms. The second-order valence-electron chi connectivity index (χ2n) is 5.18. The average Bonchev–Trinajstić information content (AvgIpc) is 2.72. The van der Waals surface area contributed by atoms with E-state index in [0.29, 0.717) is 31.2 Å². The molecule has 1 aromatic heterocycles. The van der Waals surface area contributed by atoms with E-state index in [0.717, 1.165) is 18.8 Å². The van der Waals surface area contributed by atoms with Crippen LogP contribution in [-0.4, -0.2) is 27.1 Å². The van der Waals surface area contributed by atoms with Crippen LogP contribution < -0.4 is 5.73 Å². The molecule has 5 heteroatoms. The van der Waals surface area contributed by atoms with Gasteiger partial charge in [-0.25, -0.2) is 9.67 Å². The van der Waals surface area contributed by atoms with Gasteiger partial charge in [-0.1, -0.05) is 27.2 Å². The Hall–Kier alpha value is -1.23. The maximum absolute atomic E-state index is 11.9. The normalized spacial score (nSPS) is 12.9. The maximum Gasteiger partial charge on any atom is 0.140 e. The molecule has 1 atom stereocenters. The number of ketones is 1. The molecule has 0 saturated heterocycles. The first-order valence-corrected chi connectivity index (χ1v) is 6.65.